The molecule has 0 aromatic rings. The van der Waals surface area contributed by atoms with Gasteiger partial charge in [0.05, 0.1) is 30.8 Å². The highest BCUT2D eigenvalue weighted by Crippen LogP contribution is 2.68. The fourth-order valence-corrected chi connectivity index (χ4v) is 8.70. The second-order valence-corrected chi connectivity index (χ2v) is 11.6. The second kappa shape index (κ2) is 7.72. The molecule has 0 aromatic heterocycles. The van der Waals surface area contributed by atoms with Gasteiger partial charge in [-0.25, -0.2) is 0 Å². The smallest absolute Gasteiger partial charge is 0.305 e. The average molecular weight is 425 g/mol. The van der Waals surface area contributed by atoms with Gasteiger partial charge in [0.1, 0.15) is 0 Å². The zero-order chi connectivity index (χ0) is 22.0. The Hall–Kier alpha value is -0.690. The van der Waals surface area contributed by atoms with E-state index in [1.807, 2.05) is 6.92 Å². The van der Waals surface area contributed by atoms with Crippen molar-refractivity contribution in [2.24, 2.45) is 46.3 Å². The summed E-state index contributed by atoms with van der Waals surface area (Å²) in [6, 6.07) is 0. The molecule has 5 N–H and O–H groups in total. The molecular formula is C24H40O6. The third-order valence-corrected chi connectivity index (χ3v) is 10.5. The molecule has 4 saturated carbocycles. The quantitative estimate of drug-likeness (QED) is 0.473. The van der Waals surface area contributed by atoms with E-state index in [0.717, 1.165) is 38.5 Å². The molecule has 6 heteroatoms. The first-order valence-corrected chi connectivity index (χ1v) is 11.9. The average Bonchev–Trinajstić information content (AvgIpc) is 3.01. The van der Waals surface area contributed by atoms with Crippen molar-refractivity contribution >= 4 is 5.97 Å². The molecule has 4 fully saturated rings. The van der Waals surface area contributed by atoms with E-state index in [0.29, 0.717) is 12.3 Å². The Labute approximate surface area is 179 Å². The standard InChI is InChI=1S/C24H40O6/c1-12(18(26)11-21(29)30)15-4-5-16-22-17(10-20(28)24(15,16)3)23(2)7-6-14(25)8-13(23)9-19(22)27/h12-20,22,25-28H,4-11H2,1-3H3,(H,29,30)/t12-,13-,14+,15+,16-,17-,18?,19+,20-,22-,23-,24+/m0/s1. The van der Waals surface area contributed by atoms with Gasteiger partial charge in [0, 0.05) is 0 Å². The van der Waals surface area contributed by atoms with Gasteiger partial charge in [-0.15, -0.1) is 0 Å². The van der Waals surface area contributed by atoms with Gasteiger partial charge in [-0.2, -0.15) is 0 Å². The first kappa shape index (κ1) is 22.5. The summed E-state index contributed by atoms with van der Waals surface area (Å²) in [7, 11) is 0. The van der Waals surface area contributed by atoms with E-state index >= 15 is 0 Å². The molecule has 0 aliphatic heterocycles. The van der Waals surface area contributed by atoms with E-state index in [1.54, 1.807) is 0 Å². The van der Waals surface area contributed by atoms with Gasteiger partial charge < -0.3 is 25.5 Å². The number of hydrogen-bond acceptors (Lipinski definition) is 5. The van der Waals surface area contributed by atoms with Crippen LogP contribution in [0.1, 0.15) is 72.1 Å². The maximum absolute atomic E-state index is 11.5. The molecule has 0 saturated heterocycles. The molecule has 4 aliphatic carbocycles. The molecule has 0 bridgehead atoms. The van der Waals surface area contributed by atoms with Crippen molar-refractivity contribution < 1.29 is 30.3 Å². The zero-order valence-corrected chi connectivity index (χ0v) is 18.6. The highest BCUT2D eigenvalue weighted by Gasteiger charge is 2.66. The Morgan fingerprint density at radius 3 is 2.40 bits per heavy atom. The van der Waals surface area contributed by atoms with Crippen LogP contribution < -0.4 is 0 Å². The van der Waals surface area contributed by atoms with Crippen LogP contribution in [0, 0.1) is 46.3 Å². The highest BCUT2D eigenvalue weighted by molar-refractivity contribution is 5.67. The van der Waals surface area contributed by atoms with Crippen molar-refractivity contribution in [3.63, 3.8) is 0 Å². The normalized spacial score (nSPS) is 52.6. The largest absolute Gasteiger partial charge is 0.481 e. The Morgan fingerprint density at radius 2 is 1.73 bits per heavy atom. The van der Waals surface area contributed by atoms with E-state index < -0.39 is 29.7 Å². The van der Waals surface area contributed by atoms with Crippen molar-refractivity contribution in [2.75, 3.05) is 0 Å². The number of hydrogen-bond donors (Lipinski definition) is 5. The van der Waals surface area contributed by atoms with Gasteiger partial charge in [0.25, 0.3) is 0 Å². The molecule has 30 heavy (non-hydrogen) atoms. The number of aliphatic hydroxyl groups excluding tert-OH is 4. The van der Waals surface area contributed by atoms with Gasteiger partial charge >= 0.3 is 5.97 Å². The third kappa shape index (κ3) is 3.25. The van der Waals surface area contributed by atoms with Crippen LogP contribution in [0.5, 0.6) is 0 Å². The van der Waals surface area contributed by atoms with Crippen LogP contribution in [-0.2, 0) is 4.79 Å². The SMILES string of the molecule is C[C@H](C(O)CC(=O)O)[C@H]1CC[C@H]2[C@@H]3[C@H](O)C[C@@H]4C[C@H](O)CC[C@]4(C)[C@H]3C[C@H](O)[C@]12C. The fourth-order valence-electron chi connectivity index (χ4n) is 8.70. The van der Waals surface area contributed by atoms with Gasteiger partial charge in [-0.1, -0.05) is 20.8 Å². The molecule has 12 atom stereocenters. The van der Waals surface area contributed by atoms with Gasteiger partial charge in [0.2, 0.25) is 0 Å². The number of carboxylic acids is 1. The summed E-state index contributed by atoms with van der Waals surface area (Å²) < 4.78 is 0. The van der Waals surface area contributed by atoms with Crippen molar-refractivity contribution in [2.45, 2.75) is 96.6 Å². The number of aliphatic carboxylic acids is 1. The van der Waals surface area contributed by atoms with E-state index in [4.69, 9.17) is 5.11 Å². The molecule has 0 heterocycles. The molecule has 4 rings (SSSR count). The minimum atomic E-state index is -1.00. The van der Waals surface area contributed by atoms with Gasteiger partial charge in [-0.3, -0.25) is 4.79 Å². The van der Waals surface area contributed by atoms with Crippen molar-refractivity contribution in [3.05, 3.63) is 0 Å². The lowest BCUT2D eigenvalue weighted by molar-refractivity contribution is -0.208. The molecule has 0 amide bonds. The van der Waals surface area contributed by atoms with Crippen molar-refractivity contribution in [1.29, 1.82) is 0 Å². The van der Waals surface area contributed by atoms with Gasteiger partial charge in [0.15, 0.2) is 0 Å². The van der Waals surface area contributed by atoms with Crippen LogP contribution in [0.15, 0.2) is 0 Å². The lowest BCUT2D eigenvalue weighted by Crippen LogP contribution is -2.62. The maximum Gasteiger partial charge on any atom is 0.305 e. The Kier molecular flexibility index (Phi) is 5.79. The summed E-state index contributed by atoms with van der Waals surface area (Å²) in [4.78, 5) is 11.1. The molecule has 1 unspecified atom stereocenters. The minimum Gasteiger partial charge on any atom is -0.481 e. The number of carboxylic acid groups (broad SMARTS) is 1. The molecule has 6 nitrogen and oxygen atoms in total. The highest BCUT2D eigenvalue weighted by atomic mass is 16.4. The van der Waals surface area contributed by atoms with E-state index in [9.17, 15) is 25.2 Å². The summed E-state index contributed by atoms with van der Waals surface area (Å²) in [6.45, 7) is 6.35. The molecule has 4 aliphatic rings. The van der Waals surface area contributed by atoms with Crippen LogP contribution in [0.25, 0.3) is 0 Å². The van der Waals surface area contributed by atoms with Crippen LogP contribution in [0.3, 0.4) is 0 Å². The lowest BCUT2D eigenvalue weighted by atomic mass is 9.43. The Balaban J connectivity index is 1.62. The summed E-state index contributed by atoms with van der Waals surface area (Å²) >= 11 is 0. The van der Waals surface area contributed by atoms with E-state index in [1.165, 1.54) is 0 Å². The van der Waals surface area contributed by atoms with Crippen LogP contribution in [0.2, 0.25) is 0 Å². The van der Waals surface area contributed by atoms with E-state index in [-0.39, 0.29) is 47.5 Å². The van der Waals surface area contributed by atoms with Crippen LogP contribution >= 0.6 is 0 Å². The predicted octanol–water partition coefficient (Wildman–Crippen LogP) is 2.42. The summed E-state index contributed by atoms with van der Waals surface area (Å²) in [5, 5.41) is 52.5. The van der Waals surface area contributed by atoms with Crippen molar-refractivity contribution in [3.8, 4) is 0 Å². The van der Waals surface area contributed by atoms with Crippen LogP contribution in [0.4, 0.5) is 0 Å². The van der Waals surface area contributed by atoms with E-state index in [2.05, 4.69) is 13.8 Å². The zero-order valence-electron chi connectivity index (χ0n) is 18.6. The first-order valence-electron chi connectivity index (χ1n) is 11.9. The summed E-state index contributed by atoms with van der Waals surface area (Å²) in [5.41, 5.74) is -0.379. The predicted molar refractivity (Wildman–Crippen MR) is 111 cm³/mol. The molecule has 0 radical (unpaired) electrons. The third-order valence-electron chi connectivity index (χ3n) is 10.5. The maximum atomic E-state index is 11.5. The van der Waals surface area contributed by atoms with Gasteiger partial charge in [-0.05, 0) is 91.3 Å². The first-order chi connectivity index (χ1) is 14.0. The Bertz CT molecular complexity index is 668. The molecular weight excluding hydrogens is 384 g/mol. The lowest BCUT2D eigenvalue weighted by Gasteiger charge is -2.63. The molecule has 0 spiro atoms. The number of carbonyl (C=O) groups is 1. The number of fused-ring (bicyclic) bond motifs is 5. The topological polar surface area (TPSA) is 118 Å². The summed E-state index contributed by atoms with van der Waals surface area (Å²) in [6.07, 6.45) is 3.19. The number of rotatable bonds is 4. The Morgan fingerprint density at radius 1 is 1.03 bits per heavy atom. The molecule has 172 valence electrons. The second-order valence-electron chi connectivity index (χ2n) is 11.6. The summed E-state index contributed by atoms with van der Waals surface area (Å²) in [5.74, 6) is -0.333. The van der Waals surface area contributed by atoms with Crippen LogP contribution in [-0.4, -0.2) is 55.9 Å². The molecule has 0 aromatic carbocycles. The monoisotopic (exact) mass is 424 g/mol. The van der Waals surface area contributed by atoms with Crippen molar-refractivity contribution in [1.82, 2.24) is 0 Å². The fraction of sp³-hybridized carbons (Fsp3) is 0.958. The minimum absolute atomic E-state index is 0.0396. The number of aliphatic hydroxyl groups is 4.